The van der Waals surface area contributed by atoms with Crippen LogP contribution < -0.4 is 14.8 Å². The van der Waals surface area contributed by atoms with Gasteiger partial charge in [-0.2, -0.15) is 4.31 Å². The smallest absolute Gasteiger partial charge is 0.412 e. The molecule has 3 N–H and O–H groups in total. The Morgan fingerprint density at radius 3 is 2.60 bits per heavy atom. The number of rotatable bonds is 19. The first-order valence-electron chi connectivity index (χ1n) is 20.1. The summed E-state index contributed by atoms with van der Waals surface area (Å²) in [5.41, 5.74) is 2.59. The number of nitrogens with one attached hydrogen (secondary N) is 1. The summed E-state index contributed by atoms with van der Waals surface area (Å²) in [6.07, 6.45) is 9.76. The minimum Gasteiger partial charge on any atom is -0.460 e. The van der Waals surface area contributed by atoms with E-state index in [0.29, 0.717) is 53.9 Å². The average Bonchev–Trinajstić information content (AvgIpc) is 3.21. The van der Waals surface area contributed by atoms with Crippen LogP contribution in [0.5, 0.6) is 11.5 Å². The molecule has 0 bridgehead atoms. The predicted octanol–water partition coefficient (Wildman–Crippen LogP) is 6.71. The third kappa shape index (κ3) is 8.47. The van der Waals surface area contributed by atoms with E-state index in [0.717, 1.165) is 36.8 Å². The maximum absolute atomic E-state index is 15.3. The third-order valence-corrected chi connectivity index (χ3v) is 13.3. The molecule has 1 fully saturated rings. The standard InChI is InChI=1S/C43H56N4O9S/c1-5-22-47(57(51,52)37-18-12-15-29-16-13-21-45-41(29)37)38-28-35(46-53-4)33-26-30(14-8-10-23-48)32(17-9-11-24-49)39-34-27-31(55-42(50)44-7-3)19-20-36(34)56-43(38,40(33)39)54-25-6-2/h6,12-13,15-16,18-21,26-27,30,32,38-40,48-49H,2,5,7-11,14,17,22-25,28H2,1,3-4H3,(H,44,50). The van der Waals surface area contributed by atoms with E-state index in [1.165, 1.54) is 11.4 Å². The third-order valence-electron chi connectivity index (χ3n) is 11.4. The fourth-order valence-corrected chi connectivity index (χ4v) is 11.1. The number of aliphatic hydroxyl groups is 2. The molecule has 308 valence electrons. The van der Waals surface area contributed by atoms with E-state index in [1.807, 2.05) is 32.0 Å². The van der Waals surface area contributed by atoms with Gasteiger partial charge in [-0.05, 0) is 86.8 Å². The van der Waals surface area contributed by atoms with Crippen molar-refractivity contribution in [3.8, 4) is 11.5 Å². The van der Waals surface area contributed by atoms with Gasteiger partial charge in [0.25, 0.3) is 0 Å². The van der Waals surface area contributed by atoms with Crippen LogP contribution >= 0.6 is 0 Å². The molecule has 2 aliphatic carbocycles. The number of aromatic nitrogens is 1. The topological polar surface area (TPSA) is 169 Å². The number of pyridine rings is 1. The molecule has 3 aromatic rings. The van der Waals surface area contributed by atoms with Gasteiger partial charge in [-0.3, -0.25) is 4.98 Å². The molecule has 1 aromatic heterocycles. The maximum atomic E-state index is 15.3. The lowest BCUT2D eigenvalue weighted by molar-refractivity contribution is -0.251. The van der Waals surface area contributed by atoms with E-state index in [-0.39, 0.29) is 55.4 Å². The molecule has 1 aliphatic heterocycles. The number of nitrogens with zero attached hydrogens (tertiary/aromatic N) is 3. The van der Waals surface area contributed by atoms with Crippen molar-refractivity contribution in [2.45, 2.75) is 87.9 Å². The first kappa shape index (κ1) is 42.3. The minimum atomic E-state index is -4.27. The Labute approximate surface area is 335 Å². The fourth-order valence-electron chi connectivity index (χ4n) is 9.16. The van der Waals surface area contributed by atoms with Crippen LogP contribution in [0.25, 0.3) is 10.9 Å². The van der Waals surface area contributed by atoms with E-state index >= 15 is 8.42 Å². The molecule has 14 heteroatoms. The zero-order chi connectivity index (χ0) is 40.6. The van der Waals surface area contributed by atoms with Crippen LogP contribution in [0, 0.1) is 17.8 Å². The van der Waals surface area contributed by atoms with Crippen LogP contribution in [0.1, 0.15) is 76.7 Å². The Hall–Kier alpha value is -4.34. The van der Waals surface area contributed by atoms with Gasteiger partial charge < -0.3 is 34.6 Å². The van der Waals surface area contributed by atoms with Crippen LogP contribution in [-0.4, -0.2) is 91.6 Å². The Morgan fingerprint density at radius 1 is 1.11 bits per heavy atom. The number of carbonyl (C=O) groups excluding carboxylic acids is 1. The molecule has 13 nitrogen and oxygen atoms in total. The van der Waals surface area contributed by atoms with Gasteiger partial charge in [0.05, 0.1) is 29.8 Å². The van der Waals surface area contributed by atoms with Gasteiger partial charge in [0.1, 0.15) is 23.5 Å². The van der Waals surface area contributed by atoms with E-state index in [9.17, 15) is 15.0 Å². The van der Waals surface area contributed by atoms with E-state index in [2.05, 4.69) is 28.1 Å². The summed E-state index contributed by atoms with van der Waals surface area (Å²) in [6, 6.07) is 13.1. The summed E-state index contributed by atoms with van der Waals surface area (Å²) in [5.74, 6) is -1.74. The number of benzene rings is 2. The summed E-state index contributed by atoms with van der Waals surface area (Å²) in [7, 11) is -2.79. The number of aliphatic hydroxyl groups excluding tert-OH is 2. The van der Waals surface area contributed by atoms with Crippen molar-refractivity contribution in [2.24, 2.45) is 22.9 Å². The van der Waals surface area contributed by atoms with Gasteiger partial charge in [0, 0.05) is 55.8 Å². The van der Waals surface area contributed by atoms with Gasteiger partial charge in [-0.25, -0.2) is 13.2 Å². The Kier molecular flexibility index (Phi) is 14.0. The SMILES string of the molecule is C=CCOC12Oc3ccc(OC(=O)NCC)cc3C3C(CCCCO)C(CCCCO)C=C(C(=NOC)CC1N(CCC)S(=O)(=O)c1cccc4cccnc14)C32. The number of ether oxygens (including phenoxy) is 3. The molecule has 2 aromatic carbocycles. The largest absolute Gasteiger partial charge is 0.460 e. The van der Waals surface area contributed by atoms with Crippen molar-refractivity contribution in [3.63, 3.8) is 0 Å². The fraction of sp³-hybridized carbons (Fsp3) is 0.512. The molecule has 1 amide bonds. The zero-order valence-electron chi connectivity index (χ0n) is 33.1. The molecule has 6 unspecified atom stereocenters. The average molecular weight is 805 g/mol. The van der Waals surface area contributed by atoms with Gasteiger partial charge in [0.15, 0.2) is 0 Å². The molecule has 57 heavy (non-hydrogen) atoms. The van der Waals surface area contributed by atoms with Crippen molar-refractivity contribution < 1.29 is 42.5 Å². The van der Waals surface area contributed by atoms with Crippen LogP contribution in [0.15, 0.2) is 89.1 Å². The number of fused-ring (bicyclic) bond motifs is 3. The molecule has 3 aliphatic rings. The number of oxime groups is 1. The summed E-state index contributed by atoms with van der Waals surface area (Å²) < 4.78 is 52.0. The summed E-state index contributed by atoms with van der Waals surface area (Å²) >= 11 is 0. The van der Waals surface area contributed by atoms with Crippen molar-refractivity contribution in [1.82, 2.24) is 14.6 Å². The highest BCUT2D eigenvalue weighted by atomic mass is 32.2. The lowest BCUT2D eigenvalue weighted by Gasteiger charge is -2.59. The number of para-hydroxylation sites is 1. The molecule has 0 spiro atoms. The molecular formula is C43H56N4O9S. The molecule has 0 radical (unpaired) electrons. The monoisotopic (exact) mass is 804 g/mol. The Bertz CT molecular complexity index is 2050. The quantitative estimate of drug-likeness (QED) is 0.0673. The number of amides is 1. The number of carbonyl (C=O) groups is 1. The highest BCUT2D eigenvalue weighted by Gasteiger charge is 2.66. The second-order valence-corrected chi connectivity index (χ2v) is 16.7. The van der Waals surface area contributed by atoms with Crippen molar-refractivity contribution >= 4 is 32.7 Å². The first-order valence-corrected chi connectivity index (χ1v) is 21.6. The van der Waals surface area contributed by atoms with Gasteiger partial charge in [-0.15, -0.1) is 6.58 Å². The van der Waals surface area contributed by atoms with Gasteiger partial charge >= 0.3 is 6.09 Å². The van der Waals surface area contributed by atoms with Crippen LogP contribution in [0.3, 0.4) is 0 Å². The van der Waals surface area contributed by atoms with E-state index in [1.54, 1.807) is 42.6 Å². The highest BCUT2D eigenvalue weighted by Crippen LogP contribution is 2.62. The number of allylic oxidation sites excluding steroid dienone is 1. The summed E-state index contributed by atoms with van der Waals surface area (Å²) in [4.78, 5) is 22.8. The van der Waals surface area contributed by atoms with Crippen molar-refractivity contribution in [1.29, 1.82) is 0 Å². The minimum absolute atomic E-state index is 0.0124. The number of hydrogen-bond donors (Lipinski definition) is 3. The molecule has 1 saturated carbocycles. The molecule has 0 saturated heterocycles. The molecule has 6 rings (SSSR count). The van der Waals surface area contributed by atoms with Crippen LogP contribution in [0.4, 0.5) is 4.79 Å². The number of hydrogen-bond acceptors (Lipinski definition) is 11. The number of unbranched alkanes of at least 4 members (excludes halogenated alkanes) is 2. The predicted molar refractivity (Wildman–Crippen MR) is 218 cm³/mol. The lowest BCUT2D eigenvalue weighted by Crippen LogP contribution is -2.70. The van der Waals surface area contributed by atoms with E-state index in [4.69, 9.17) is 19.0 Å². The van der Waals surface area contributed by atoms with Crippen molar-refractivity contribution in [3.05, 3.63) is 84.6 Å². The van der Waals surface area contributed by atoms with Crippen molar-refractivity contribution in [2.75, 3.05) is 40.0 Å². The van der Waals surface area contributed by atoms with E-state index < -0.39 is 33.9 Å². The second kappa shape index (κ2) is 18.9. The highest BCUT2D eigenvalue weighted by molar-refractivity contribution is 7.89. The lowest BCUT2D eigenvalue weighted by atomic mass is 9.55. The normalized spacial score (nSPS) is 24.6. The number of sulfonamides is 1. The summed E-state index contributed by atoms with van der Waals surface area (Å²) in [5, 5.41) is 27.7. The second-order valence-electron chi connectivity index (χ2n) is 14.8. The van der Waals surface area contributed by atoms with Crippen LogP contribution in [-0.2, 0) is 19.6 Å². The van der Waals surface area contributed by atoms with Gasteiger partial charge in [0.2, 0.25) is 15.8 Å². The summed E-state index contributed by atoms with van der Waals surface area (Å²) in [6.45, 7) is 8.44. The molecule has 2 heterocycles. The maximum Gasteiger partial charge on any atom is 0.412 e. The van der Waals surface area contributed by atoms with Gasteiger partial charge in [-0.1, -0.05) is 55.3 Å². The zero-order valence-corrected chi connectivity index (χ0v) is 34.0. The Balaban J connectivity index is 1.63. The molecule has 6 atom stereocenters. The van der Waals surface area contributed by atoms with Crippen LogP contribution in [0.2, 0.25) is 0 Å². The Morgan fingerprint density at radius 2 is 1.88 bits per heavy atom. The first-order chi connectivity index (χ1) is 27.7. The molecular weight excluding hydrogens is 749 g/mol.